The van der Waals surface area contributed by atoms with Crippen LogP contribution in [0.1, 0.15) is 40.5 Å². The van der Waals surface area contributed by atoms with E-state index in [1.54, 1.807) is 43.5 Å². The van der Waals surface area contributed by atoms with Crippen molar-refractivity contribution < 1.29 is 19.4 Å². The number of unbranched alkanes of at least 4 members (excludes halogenated alkanes) is 1. The summed E-state index contributed by atoms with van der Waals surface area (Å²) in [6.07, 6.45) is 2.05. The maximum atomic E-state index is 12.6. The van der Waals surface area contributed by atoms with Gasteiger partial charge in [0.25, 0.3) is 5.91 Å². The Hall–Kier alpha value is -3.02. The Morgan fingerprint density at radius 1 is 1.12 bits per heavy atom. The molecule has 0 saturated carbocycles. The van der Waals surface area contributed by atoms with Gasteiger partial charge in [-0.05, 0) is 48.9 Å². The molecule has 1 amide bonds. The highest BCUT2D eigenvalue weighted by atomic mass is 16.5. The number of carboxylic acids is 1. The molecule has 0 atom stereocenters. The van der Waals surface area contributed by atoms with Gasteiger partial charge in [0.2, 0.25) is 0 Å². The summed E-state index contributed by atoms with van der Waals surface area (Å²) in [6.45, 7) is 2.92. The van der Waals surface area contributed by atoms with Crippen LogP contribution in [0.2, 0.25) is 0 Å². The van der Waals surface area contributed by atoms with Gasteiger partial charge in [-0.3, -0.25) is 4.79 Å². The van der Waals surface area contributed by atoms with Crippen LogP contribution in [0.25, 0.3) is 0 Å². The van der Waals surface area contributed by atoms with Crippen LogP contribution >= 0.6 is 0 Å². The van der Waals surface area contributed by atoms with Gasteiger partial charge in [-0.2, -0.15) is 0 Å². The van der Waals surface area contributed by atoms with Crippen LogP contribution in [0, 0.1) is 0 Å². The number of rotatable bonds is 8. The average molecular weight is 356 g/mol. The molecule has 0 saturated heterocycles. The SMILES string of the molecule is CCCCN(C)c1ccc(C(=O)O)cc1NC(=O)c1ccc(OC)cc1. The Labute approximate surface area is 153 Å². The lowest BCUT2D eigenvalue weighted by atomic mass is 10.1. The number of amides is 1. The topological polar surface area (TPSA) is 78.9 Å². The Bertz CT molecular complexity index is 772. The van der Waals surface area contributed by atoms with Crippen LogP contribution in [0.15, 0.2) is 42.5 Å². The van der Waals surface area contributed by atoms with Crippen LogP contribution in [-0.4, -0.2) is 37.7 Å². The van der Waals surface area contributed by atoms with E-state index in [2.05, 4.69) is 12.2 Å². The zero-order valence-corrected chi connectivity index (χ0v) is 15.3. The number of carbonyl (C=O) groups excluding carboxylic acids is 1. The molecular weight excluding hydrogens is 332 g/mol. The molecule has 0 heterocycles. The molecule has 6 nitrogen and oxygen atoms in total. The Morgan fingerprint density at radius 2 is 1.77 bits per heavy atom. The highest BCUT2D eigenvalue weighted by molar-refractivity contribution is 6.06. The van der Waals surface area contributed by atoms with E-state index in [-0.39, 0.29) is 11.5 Å². The van der Waals surface area contributed by atoms with Gasteiger partial charge in [0.1, 0.15) is 5.75 Å². The van der Waals surface area contributed by atoms with E-state index in [1.165, 1.54) is 6.07 Å². The van der Waals surface area contributed by atoms with E-state index >= 15 is 0 Å². The van der Waals surface area contributed by atoms with Gasteiger partial charge in [0.05, 0.1) is 24.0 Å². The zero-order valence-electron chi connectivity index (χ0n) is 15.3. The number of hydrogen-bond acceptors (Lipinski definition) is 4. The lowest BCUT2D eigenvalue weighted by Crippen LogP contribution is -2.22. The first-order valence-electron chi connectivity index (χ1n) is 8.50. The normalized spacial score (nSPS) is 10.3. The molecule has 0 aromatic heterocycles. The maximum Gasteiger partial charge on any atom is 0.335 e. The molecule has 0 bridgehead atoms. The fraction of sp³-hybridized carbons (Fsp3) is 0.300. The lowest BCUT2D eigenvalue weighted by molar-refractivity contribution is 0.0696. The van der Waals surface area contributed by atoms with Gasteiger partial charge >= 0.3 is 5.97 Å². The molecule has 0 fully saturated rings. The van der Waals surface area contributed by atoms with Gasteiger partial charge in [0, 0.05) is 19.2 Å². The van der Waals surface area contributed by atoms with Gasteiger partial charge in [-0.25, -0.2) is 4.79 Å². The highest BCUT2D eigenvalue weighted by Gasteiger charge is 2.15. The molecule has 26 heavy (non-hydrogen) atoms. The second kappa shape index (κ2) is 8.89. The van der Waals surface area contributed by atoms with Crippen molar-refractivity contribution in [3.63, 3.8) is 0 Å². The zero-order chi connectivity index (χ0) is 19.1. The molecule has 2 N–H and O–H groups in total. The molecule has 0 aliphatic rings. The van der Waals surface area contributed by atoms with E-state index in [4.69, 9.17) is 4.74 Å². The van der Waals surface area contributed by atoms with E-state index in [0.29, 0.717) is 17.0 Å². The van der Waals surface area contributed by atoms with Crippen molar-refractivity contribution in [2.45, 2.75) is 19.8 Å². The van der Waals surface area contributed by atoms with Crippen LogP contribution in [0.4, 0.5) is 11.4 Å². The first-order valence-corrected chi connectivity index (χ1v) is 8.50. The van der Waals surface area contributed by atoms with Gasteiger partial charge in [0.15, 0.2) is 0 Å². The van der Waals surface area contributed by atoms with E-state index in [1.807, 2.05) is 11.9 Å². The third kappa shape index (κ3) is 4.75. The summed E-state index contributed by atoms with van der Waals surface area (Å²) in [5, 5.41) is 12.1. The number of nitrogens with one attached hydrogen (secondary N) is 1. The second-order valence-electron chi connectivity index (χ2n) is 5.99. The van der Waals surface area contributed by atoms with Crippen LogP contribution in [0.5, 0.6) is 5.75 Å². The van der Waals surface area contributed by atoms with E-state index in [0.717, 1.165) is 25.1 Å². The largest absolute Gasteiger partial charge is 0.497 e. The average Bonchev–Trinajstić information content (AvgIpc) is 2.65. The fourth-order valence-electron chi connectivity index (χ4n) is 2.55. The third-order valence-electron chi connectivity index (χ3n) is 4.10. The monoisotopic (exact) mass is 356 g/mol. The number of anilines is 2. The summed E-state index contributed by atoms with van der Waals surface area (Å²) in [6, 6.07) is 11.5. The number of carboxylic acid groups (broad SMARTS) is 1. The van der Waals surface area contributed by atoms with Crippen molar-refractivity contribution >= 4 is 23.3 Å². The van der Waals surface area contributed by atoms with Crippen molar-refractivity contribution in [1.29, 1.82) is 0 Å². The third-order valence-corrected chi connectivity index (χ3v) is 4.10. The van der Waals surface area contributed by atoms with Crippen LogP contribution in [0.3, 0.4) is 0 Å². The summed E-state index contributed by atoms with van der Waals surface area (Å²) < 4.78 is 5.09. The van der Waals surface area contributed by atoms with Gasteiger partial charge < -0.3 is 20.1 Å². The number of aromatic carboxylic acids is 1. The van der Waals surface area contributed by atoms with Crippen molar-refractivity contribution in [3.8, 4) is 5.75 Å². The summed E-state index contributed by atoms with van der Waals surface area (Å²) >= 11 is 0. The number of methoxy groups -OCH3 is 1. The fourth-order valence-corrected chi connectivity index (χ4v) is 2.55. The minimum atomic E-state index is -1.03. The molecule has 2 aromatic rings. The first-order chi connectivity index (χ1) is 12.5. The smallest absolute Gasteiger partial charge is 0.335 e. The molecular formula is C20H24N2O4. The van der Waals surface area contributed by atoms with E-state index in [9.17, 15) is 14.7 Å². The van der Waals surface area contributed by atoms with Gasteiger partial charge in [-0.1, -0.05) is 13.3 Å². The van der Waals surface area contributed by atoms with Gasteiger partial charge in [-0.15, -0.1) is 0 Å². The molecule has 0 spiro atoms. The minimum Gasteiger partial charge on any atom is -0.497 e. The summed E-state index contributed by atoms with van der Waals surface area (Å²) in [5.74, 6) is -0.678. The van der Waals surface area contributed by atoms with Crippen molar-refractivity contribution in [2.24, 2.45) is 0 Å². The van der Waals surface area contributed by atoms with Crippen molar-refractivity contribution in [3.05, 3.63) is 53.6 Å². The van der Waals surface area contributed by atoms with Crippen LogP contribution in [-0.2, 0) is 0 Å². The summed E-state index contributed by atoms with van der Waals surface area (Å²) in [4.78, 5) is 25.9. The molecule has 2 rings (SSSR count). The molecule has 138 valence electrons. The molecule has 0 radical (unpaired) electrons. The Kier molecular flexibility index (Phi) is 6.60. The number of hydrogen-bond donors (Lipinski definition) is 2. The summed E-state index contributed by atoms with van der Waals surface area (Å²) in [5.41, 5.74) is 1.85. The number of nitrogens with zero attached hydrogens (tertiary/aromatic N) is 1. The minimum absolute atomic E-state index is 0.127. The van der Waals surface area contributed by atoms with Crippen molar-refractivity contribution in [2.75, 3.05) is 30.9 Å². The maximum absolute atomic E-state index is 12.6. The molecule has 6 heteroatoms. The molecule has 2 aromatic carbocycles. The highest BCUT2D eigenvalue weighted by Crippen LogP contribution is 2.27. The lowest BCUT2D eigenvalue weighted by Gasteiger charge is -2.23. The van der Waals surface area contributed by atoms with E-state index < -0.39 is 5.97 Å². The number of benzene rings is 2. The molecule has 0 aliphatic carbocycles. The predicted molar refractivity (Wildman–Crippen MR) is 103 cm³/mol. The second-order valence-corrected chi connectivity index (χ2v) is 5.99. The standard InChI is InChI=1S/C20H24N2O4/c1-4-5-12-22(2)18-11-8-15(20(24)25)13-17(18)21-19(23)14-6-9-16(26-3)10-7-14/h6-11,13H,4-5,12H2,1-3H3,(H,21,23)(H,24,25). The van der Waals surface area contributed by atoms with Crippen molar-refractivity contribution in [1.82, 2.24) is 0 Å². The quantitative estimate of drug-likeness (QED) is 0.750. The summed E-state index contributed by atoms with van der Waals surface area (Å²) in [7, 11) is 3.49. The Balaban J connectivity index is 2.29. The first kappa shape index (κ1) is 19.3. The molecule has 0 unspecified atom stereocenters. The number of ether oxygens (including phenoxy) is 1. The van der Waals surface area contributed by atoms with Crippen LogP contribution < -0.4 is 15.0 Å². The molecule has 0 aliphatic heterocycles. The Morgan fingerprint density at radius 3 is 2.35 bits per heavy atom. The predicted octanol–water partition coefficient (Wildman–Crippen LogP) is 3.88. The number of carbonyl (C=O) groups is 2.